The van der Waals surface area contributed by atoms with E-state index >= 15 is 0 Å². The molecule has 1 saturated heterocycles. The highest BCUT2D eigenvalue weighted by Crippen LogP contribution is 2.42. The lowest BCUT2D eigenvalue weighted by atomic mass is 9.78. The van der Waals surface area contributed by atoms with Crippen LogP contribution in [0.2, 0.25) is 0 Å². The molecule has 1 aliphatic heterocycles. The van der Waals surface area contributed by atoms with Crippen LogP contribution in [0.5, 0.6) is 0 Å². The number of aliphatic hydroxyl groups is 1. The van der Waals surface area contributed by atoms with E-state index in [1.54, 1.807) is 0 Å². The first-order valence-electron chi connectivity index (χ1n) is 6.65. The second kappa shape index (κ2) is 5.35. The highest BCUT2D eigenvalue weighted by Gasteiger charge is 2.46. The summed E-state index contributed by atoms with van der Waals surface area (Å²) in [7, 11) is 0.793. The maximum atomic E-state index is 11.7. The first-order valence-corrected chi connectivity index (χ1v) is 8.48. The third kappa shape index (κ3) is 2.82. The topological polar surface area (TPSA) is 83.6 Å². The molecule has 1 aliphatic rings. The summed E-state index contributed by atoms with van der Waals surface area (Å²) in [6.07, 6.45) is -0.427. The molecule has 5 nitrogen and oxygen atoms in total. The molecular formula is C14H22N2O3S. The fourth-order valence-electron chi connectivity index (χ4n) is 2.74. The first kappa shape index (κ1) is 15.3. The van der Waals surface area contributed by atoms with Crippen molar-refractivity contribution in [1.82, 2.24) is 0 Å². The first-order chi connectivity index (χ1) is 9.30. The number of hydrogen-bond donors (Lipinski definition) is 2. The second-order valence-corrected chi connectivity index (χ2v) is 7.98. The number of rotatable bonds is 4. The SMILES string of the molecule is CN(C)c1ccc(C(O)C2(CN)CCS(=O)(=O)C2)cc1. The number of sulfone groups is 1. The lowest BCUT2D eigenvalue weighted by Crippen LogP contribution is -2.38. The summed E-state index contributed by atoms with van der Waals surface area (Å²) in [5.74, 6) is 0.0736. The Hall–Kier alpha value is -1.11. The summed E-state index contributed by atoms with van der Waals surface area (Å²) in [6, 6.07) is 7.49. The number of aliphatic hydroxyl groups excluding tert-OH is 1. The van der Waals surface area contributed by atoms with E-state index in [2.05, 4.69) is 0 Å². The van der Waals surface area contributed by atoms with Gasteiger partial charge in [-0.3, -0.25) is 0 Å². The molecule has 0 aromatic heterocycles. The van der Waals surface area contributed by atoms with Gasteiger partial charge in [-0.25, -0.2) is 8.42 Å². The van der Waals surface area contributed by atoms with Crippen molar-refractivity contribution < 1.29 is 13.5 Å². The summed E-state index contributed by atoms with van der Waals surface area (Å²) in [5.41, 5.74) is 6.77. The van der Waals surface area contributed by atoms with Crippen molar-refractivity contribution in [3.05, 3.63) is 29.8 Å². The molecule has 3 N–H and O–H groups in total. The van der Waals surface area contributed by atoms with Gasteiger partial charge in [-0.1, -0.05) is 12.1 Å². The normalized spacial score (nSPS) is 26.4. The van der Waals surface area contributed by atoms with Gasteiger partial charge in [-0.15, -0.1) is 0 Å². The molecule has 2 atom stereocenters. The molecular weight excluding hydrogens is 276 g/mol. The van der Waals surface area contributed by atoms with Crippen LogP contribution in [0, 0.1) is 5.41 Å². The zero-order chi connectivity index (χ0) is 15.0. The number of nitrogens with zero attached hydrogens (tertiary/aromatic N) is 1. The Bertz CT molecular complexity index is 569. The minimum atomic E-state index is -3.09. The van der Waals surface area contributed by atoms with Crippen LogP contribution in [0.4, 0.5) is 5.69 Å². The maximum absolute atomic E-state index is 11.7. The highest BCUT2D eigenvalue weighted by molar-refractivity contribution is 7.91. The van der Waals surface area contributed by atoms with Crippen LogP contribution in [0.25, 0.3) is 0 Å². The minimum absolute atomic E-state index is 0.0346. The minimum Gasteiger partial charge on any atom is -0.388 e. The largest absolute Gasteiger partial charge is 0.388 e. The number of hydrogen-bond acceptors (Lipinski definition) is 5. The number of benzene rings is 1. The molecule has 6 heteroatoms. The van der Waals surface area contributed by atoms with E-state index in [0.29, 0.717) is 6.42 Å². The molecule has 1 fully saturated rings. The van der Waals surface area contributed by atoms with E-state index in [-0.39, 0.29) is 18.1 Å². The lowest BCUT2D eigenvalue weighted by Gasteiger charge is -2.32. The van der Waals surface area contributed by atoms with Crippen LogP contribution in [-0.4, -0.2) is 45.7 Å². The van der Waals surface area contributed by atoms with Gasteiger partial charge in [0.1, 0.15) is 0 Å². The van der Waals surface area contributed by atoms with E-state index < -0.39 is 21.4 Å². The average molecular weight is 298 g/mol. The summed E-state index contributed by atoms with van der Waals surface area (Å²) in [5, 5.41) is 10.6. The van der Waals surface area contributed by atoms with Crippen LogP contribution in [0.3, 0.4) is 0 Å². The van der Waals surface area contributed by atoms with Crippen molar-refractivity contribution in [3.8, 4) is 0 Å². The molecule has 1 aromatic rings. The average Bonchev–Trinajstić information content (AvgIpc) is 2.75. The monoisotopic (exact) mass is 298 g/mol. The molecule has 0 radical (unpaired) electrons. The van der Waals surface area contributed by atoms with Gasteiger partial charge in [0.2, 0.25) is 0 Å². The molecule has 0 amide bonds. The molecule has 2 unspecified atom stereocenters. The van der Waals surface area contributed by atoms with E-state index in [4.69, 9.17) is 5.73 Å². The van der Waals surface area contributed by atoms with Crippen molar-refractivity contribution in [2.24, 2.45) is 11.1 Å². The van der Waals surface area contributed by atoms with Crippen molar-refractivity contribution in [2.45, 2.75) is 12.5 Å². The summed E-state index contributed by atoms with van der Waals surface area (Å²) >= 11 is 0. The second-order valence-electron chi connectivity index (χ2n) is 5.80. The lowest BCUT2D eigenvalue weighted by molar-refractivity contribution is 0.0472. The third-order valence-corrected chi connectivity index (χ3v) is 5.97. The highest BCUT2D eigenvalue weighted by atomic mass is 32.2. The zero-order valence-corrected chi connectivity index (χ0v) is 12.7. The van der Waals surface area contributed by atoms with Crippen LogP contribution < -0.4 is 10.6 Å². The van der Waals surface area contributed by atoms with Crippen molar-refractivity contribution >= 4 is 15.5 Å². The zero-order valence-electron chi connectivity index (χ0n) is 11.9. The Morgan fingerprint density at radius 2 is 1.95 bits per heavy atom. The fourth-order valence-corrected chi connectivity index (χ4v) is 4.90. The van der Waals surface area contributed by atoms with Gasteiger partial charge in [0.05, 0.1) is 17.6 Å². The van der Waals surface area contributed by atoms with E-state index in [1.807, 2.05) is 43.3 Å². The predicted molar refractivity (Wildman–Crippen MR) is 80.5 cm³/mol. The van der Waals surface area contributed by atoms with E-state index in [9.17, 15) is 13.5 Å². The van der Waals surface area contributed by atoms with Crippen LogP contribution >= 0.6 is 0 Å². The maximum Gasteiger partial charge on any atom is 0.151 e. The van der Waals surface area contributed by atoms with Crippen molar-refractivity contribution in [1.29, 1.82) is 0 Å². The molecule has 1 heterocycles. The van der Waals surface area contributed by atoms with Gasteiger partial charge in [0.25, 0.3) is 0 Å². The molecule has 0 saturated carbocycles. The summed E-state index contributed by atoms with van der Waals surface area (Å²) in [4.78, 5) is 1.97. The van der Waals surface area contributed by atoms with E-state index in [1.165, 1.54) is 0 Å². The molecule has 112 valence electrons. The molecule has 0 spiro atoms. The van der Waals surface area contributed by atoms with Gasteiger partial charge < -0.3 is 15.7 Å². The molecule has 0 aliphatic carbocycles. The summed E-state index contributed by atoms with van der Waals surface area (Å²) < 4.78 is 23.4. The standard InChI is InChI=1S/C14H22N2O3S/c1-16(2)12-5-3-11(4-6-12)13(17)14(9-15)7-8-20(18,19)10-14/h3-6,13,17H,7-10,15H2,1-2H3. The Morgan fingerprint density at radius 3 is 2.35 bits per heavy atom. The van der Waals surface area contributed by atoms with Gasteiger partial charge in [0.15, 0.2) is 9.84 Å². The molecule has 2 rings (SSSR count). The van der Waals surface area contributed by atoms with Gasteiger partial charge >= 0.3 is 0 Å². The quantitative estimate of drug-likeness (QED) is 0.848. The number of anilines is 1. The Morgan fingerprint density at radius 1 is 1.35 bits per heavy atom. The predicted octanol–water partition coefficient (Wildman–Crippen LogP) is 0.550. The van der Waals surface area contributed by atoms with Gasteiger partial charge in [0, 0.05) is 31.7 Å². The van der Waals surface area contributed by atoms with E-state index in [0.717, 1.165) is 11.3 Å². The smallest absolute Gasteiger partial charge is 0.151 e. The van der Waals surface area contributed by atoms with Crippen molar-refractivity contribution in [3.63, 3.8) is 0 Å². The van der Waals surface area contributed by atoms with Crippen LogP contribution in [-0.2, 0) is 9.84 Å². The molecule has 20 heavy (non-hydrogen) atoms. The van der Waals surface area contributed by atoms with Crippen LogP contribution in [0.1, 0.15) is 18.1 Å². The fraction of sp³-hybridized carbons (Fsp3) is 0.571. The number of nitrogens with two attached hydrogens (primary N) is 1. The molecule has 0 bridgehead atoms. The van der Waals surface area contributed by atoms with Gasteiger partial charge in [-0.05, 0) is 24.1 Å². The Labute approximate surface area is 120 Å². The van der Waals surface area contributed by atoms with Crippen LogP contribution in [0.15, 0.2) is 24.3 Å². The Balaban J connectivity index is 2.27. The van der Waals surface area contributed by atoms with Gasteiger partial charge in [-0.2, -0.15) is 0 Å². The third-order valence-electron chi connectivity index (χ3n) is 4.13. The molecule has 1 aromatic carbocycles. The van der Waals surface area contributed by atoms with Crippen molar-refractivity contribution in [2.75, 3.05) is 37.0 Å². The Kier molecular flexibility index (Phi) is 4.09. The summed E-state index contributed by atoms with van der Waals surface area (Å²) in [6.45, 7) is 0.169.